The Morgan fingerprint density at radius 2 is 1.87 bits per heavy atom. The molecular weight excluding hydrogens is 478 g/mol. The predicted octanol–water partition coefficient (Wildman–Crippen LogP) is 4.12. The highest BCUT2D eigenvalue weighted by atomic mass is 16.2. The number of anilines is 3. The van der Waals surface area contributed by atoms with Gasteiger partial charge in [-0.1, -0.05) is 18.2 Å². The summed E-state index contributed by atoms with van der Waals surface area (Å²) in [6, 6.07) is 18.8. The van der Waals surface area contributed by atoms with E-state index in [4.69, 9.17) is 0 Å². The lowest BCUT2D eigenvalue weighted by Gasteiger charge is -2.31. The average molecular weight is 508 g/mol. The summed E-state index contributed by atoms with van der Waals surface area (Å²) in [7, 11) is 1.83. The van der Waals surface area contributed by atoms with Crippen molar-refractivity contribution in [1.29, 1.82) is 0 Å². The number of aryl methyl sites for hydroxylation is 1. The molecule has 0 atom stereocenters. The molecule has 5 rings (SSSR count). The van der Waals surface area contributed by atoms with Crippen molar-refractivity contribution in [3.63, 3.8) is 0 Å². The third-order valence-corrected chi connectivity index (χ3v) is 6.51. The van der Waals surface area contributed by atoms with Gasteiger partial charge in [-0.05, 0) is 60.5 Å². The maximum Gasteiger partial charge on any atom is 0.255 e. The number of carbonyl (C=O) groups excluding carboxylic acids is 2. The lowest BCUT2D eigenvalue weighted by atomic mass is 10.1. The summed E-state index contributed by atoms with van der Waals surface area (Å²) >= 11 is 0. The molecule has 1 saturated heterocycles. The predicted molar refractivity (Wildman–Crippen MR) is 147 cm³/mol. The topological polar surface area (TPSA) is 103 Å². The van der Waals surface area contributed by atoms with Crippen LogP contribution in [0.25, 0.3) is 11.3 Å². The number of rotatable bonds is 7. The van der Waals surface area contributed by atoms with Crippen molar-refractivity contribution in [3.05, 3.63) is 95.9 Å². The molecule has 1 aliphatic rings. The molecule has 38 heavy (non-hydrogen) atoms. The number of hydrogen-bond donors (Lipinski definition) is 2. The largest absolute Gasteiger partial charge is 0.343 e. The van der Waals surface area contributed by atoms with Gasteiger partial charge in [0.05, 0.1) is 12.2 Å². The van der Waals surface area contributed by atoms with E-state index in [-0.39, 0.29) is 11.8 Å². The summed E-state index contributed by atoms with van der Waals surface area (Å²) in [4.78, 5) is 41.8. The zero-order valence-corrected chi connectivity index (χ0v) is 21.4. The summed E-state index contributed by atoms with van der Waals surface area (Å²) in [5.41, 5.74) is 5.74. The first-order valence-corrected chi connectivity index (χ1v) is 12.4. The molecule has 3 heterocycles. The Bertz CT molecular complexity index is 1440. The van der Waals surface area contributed by atoms with Crippen molar-refractivity contribution < 1.29 is 9.59 Å². The van der Waals surface area contributed by atoms with Gasteiger partial charge in [-0.15, -0.1) is 0 Å². The first-order valence-electron chi connectivity index (χ1n) is 12.4. The lowest BCUT2D eigenvalue weighted by molar-refractivity contribution is -0.134. The molecule has 0 spiro atoms. The number of nitrogens with zero attached hydrogens (tertiary/aromatic N) is 5. The minimum atomic E-state index is -0.198. The van der Waals surface area contributed by atoms with Crippen LogP contribution in [0.2, 0.25) is 0 Å². The van der Waals surface area contributed by atoms with Crippen LogP contribution in [0, 0.1) is 6.92 Å². The van der Waals surface area contributed by atoms with Gasteiger partial charge < -0.3 is 15.5 Å². The molecule has 192 valence electrons. The molecule has 0 unspecified atom stereocenters. The van der Waals surface area contributed by atoms with Gasteiger partial charge in [0.1, 0.15) is 0 Å². The number of pyridine rings is 1. The van der Waals surface area contributed by atoms with Crippen molar-refractivity contribution in [1.82, 2.24) is 24.8 Å². The average Bonchev–Trinajstić information content (AvgIpc) is 2.94. The number of amides is 2. The molecule has 0 radical (unpaired) electrons. The normalized spacial score (nSPS) is 13.8. The van der Waals surface area contributed by atoms with Gasteiger partial charge in [0, 0.05) is 67.8 Å². The number of nitrogens with one attached hydrogen (secondary N) is 2. The molecule has 0 saturated carbocycles. The van der Waals surface area contributed by atoms with E-state index in [1.165, 1.54) is 0 Å². The minimum absolute atomic E-state index is 0.131. The molecule has 4 aromatic rings. The monoisotopic (exact) mass is 507 g/mol. The van der Waals surface area contributed by atoms with Gasteiger partial charge in [-0.25, -0.2) is 9.97 Å². The third kappa shape index (κ3) is 6.01. The first-order chi connectivity index (χ1) is 18.4. The molecule has 2 aromatic heterocycles. The Morgan fingerprint density at radius 3 is 2.63 bits per heavy atom. The fourth-order valence-corrected chi connectivity index (χ4v) is 4.21. The Balaban J connectivity index is 1.23. The number of carbonyl (C=O) groups is 2. The Morgan fingerprint density at radius 1 is 1.03 bits per heavy atom. The molecule has 2 amide bonds. The van der Waals surface area contributed by atoms with Crippen LogP contribution < -0.4 is 10.6 Å². The van der Waals surface area contributed by atoms with E-state index in [0.717, 1.165) is 41.2 Å². The molecule has 1 aliphatic heterocycles. The van der Waals surface area contributed by atoms with Gasteiger partial charge in [0.15, 0.2) is 0 Å². The van der Waals surface area contributed by atoms with Crippen LogP contribution in [0.15, 0.2) is 79.3 Å². The fourth-order valence-electron chi connectivity index (χ4n) is 4.21. The highest BCUT2D eigenvalue weighted by Gasteiger charge is 2.20. The van der Waals surface area contributed by atoms with Crippen LogP contribution >= 0.6 is 0 Å². The van der Waals surface area contributed by atoms with Crippen molar-refractivity contribution in [2.24, 2.45) is 0 Å². The summed E-state index contributed by atoms with van der Waals surface area (Å²) in [6.45, 7) is 4.65. The Hall–Kier alpha value is -4.63. The van der Waals surface area contributed by atoms with Gasteiger partial charge in [0.25, 0.3) is 5.91 Å². The summed E-state index contributed by atoms with van der Waals surface area (Å²) < 4.78 is 0. The van der Waals surface area contributed by atoms with E-state index in [2.05, 4.69) is 30.5 Å². The van der Waals surface area contributed by atoms with Crippen LogP contribution in [-0.4, -0.2) is 63.2 Å². The zero-order valence-electron chi connectivity index (χ0n) is 21.4. The number of hydrogen-bond acceptors (Lipinski definition) is 7. The van der Waals surface area contributed by atoms with Crippen molar-refractivity contribution in [3.8, 4) is 11.3 Å². The number of aromatic nitrogens is 3. The highest BCUT2D eigenvalue weighted by molar-refractivity contribution is 6.04. The Labute approximate surface area is 221 Å². The van der Waals surface area contributed by atoms with E-state index in [1.807, 2.05) is 74.6 Å². The van der Waals surface area contributed by atoms with E-state index in [0.29, 0.717) is 30.3 Å². The van der Waals surface area contributed by atoms with E-state index in [1.54, 1.807) is 23.5 Å². The summed E-state index contributed by atoms with van der Waals surface area (Å²) in [5.74, 6) is 0.387. The maximum atomic E-state index is 12.9. The number of benzene rings is 2. The number of likely N-dealkylation sites (N-methyl/N-ethyl adjacent to an activating group) is 1. The molecule has 2 aromatic carbocycles. The van der Waals surface area contributed by atoms with Crippen molar-refractivity contribution in [2.45, 2.75) is 13.5 Å². The first kappa shape index (κ1) is 25.0. The molecule has 9 nitrogen and oxygen atoms in total. The maximum absolute atomic E-state index is 12.9. The quantitative estimate of drug-likeness (QED) is 0.388. The fraction of sp³-hybridized carbons (Fsp3) is 0.207. The van der Waals surface area contributed by atoms with E-state index >= 15 is 0 Å². The molecular formula is C29H29N7O2. The molecule has 1 fully saturated rings. The van der Waals surface area contributed by atoms with Gasteiger partial charge in [-0.3, -0.25) is 19.5 Å². The van der Waals surface area contributed by atoms with Crippen molar-refractivity contribution >= 4 is 29.1 Å². The standard InChI is InChI=1S/C29H29N7O2/c1-20-5-10-24(16-26(20)34-29-31-13-11-25(33-29)23-4-3-12-30-17-23)32-28(38)22-8-6-21(7-9-22)18-36-15-14-35(2)27(37)19-36/h3-13,16-17H,14-15,18-19H2,1-2H3,(H,32,38)(H,31,33,34). The third-order valence-electron chi connectivity index (χ3n) is 6.51. The van der Waals surface area contributed by atoms with E-state index < -0.39 is 0 Å². The molecule has 2 N–H and O–H groups in total. The Kier molecular flexibility index (Phi) is 7.37. The summed E-state index contributed by atoms with van der Waals surface area (Å²) in [5, 5.41) is 6.23. The molecule has 0 bridgehead atoms. The van der Waals surface area contributed by atoms with Crippen LogP contribution in [0.5, 0.6) is 0 Å². The molecule has 9 heteroatoms. The van der Waals surface area contributed by atoms with Crippen molar-refractivity contribution in [2.75, 3.05) is 37.3 Å². The van der Waals surface area contributed by atoms with Crippen LogP contribution in [0.4, 0.5) is 17.3 Å². The van der Waals surface area contributed by atoms with Crippen LogP contribution in [0.3, 0.4) is 0 Å². The SMILES string of the molecule is Cc1ccc(NC(=O)c2ccc(CN3CCN(C)C(=O)C3)cc2)cc1Nc1nccc(-c2cccnc2)n1. The van der Waals surface area contributed by atoms with Gasteiger partial charge >= 0.3 is 0 Å². The zero-order chi connectivity index (χ0) is 26.5. The second kappa shape index (κ2) is 11.2. The van der Waals surface area contributed by atoms with Gasteiger partial charge in [0.2, 0.25) is 11.9 Å². The van der Waals surface area contributed by atoms with Crippen LogP contribution in [-0.2, 0) is 11.3 Å². The van der Waals surface area contributed by atoms with Crippen LogP contribution in [0.1, 0.15) is 21.5 Å². The highest BCUT2D eigenvalue weighted by Crippen LogP contribution is 2.24. The second-order valence-corrected chi connectivity index (χ2v) is 9.34. The second-order valence-electron chi connectivity index (χ2n) is 9.34. The number of piperazine rings is 1. The van der Waals surface area contributed by atoms with Gasteiger partial charge in [-0.2, -0.15) is 0 Å². The minimum Gasteiger partial charge on any atom is -0.343 e. The smallest absolute Gasteiger partial charge is 0.255 e. The lowest BCUT2D eigenvalue weighted by Crippen LogP contribution is -2.47. The molecule has 0 aliphatic carbocycles. The van der Waals surface area contributed by atoms with E-state index in [9.17, 15) is 9.59 Å². The summed E-state index contributed by atoms with van der Waals surface area (Å²) in [6.07, 6.45) is 5.18.